The van der Waals surface area contributed by atoms with Crippen LogP contribution in [0.4, 0.5) is 0 Å². The van der Waals surface area contributed by atoms with Gasteiger partial charge in [0.1, 0.15) is 0 Å². The monoisotopic (exact) mass is 416 g/mol. The first-order valence-corrected chi connectivity index (χ1v) is 9.75. The molecule has 5 aromatic rings. The van der Waals surface area contributed by atoms with Crippen LogP contribution < -0.4 is 11.2 Å². The van der Waals surface area contributed by atoms with Gasteiger partial charge in [0.05, 0.1) is 34.0 Å². The van der Waals surface area contributed by atoms with Crippen LogP contribution in [0.2, 0.25) is 5.02 Å². The van der Waals surface area contributed by atoms with Crippen molar-refractivity contribution < 1.29 is 0 Å². The standard InChI is InChI=1S/C23H17ClN4O2/c1-26-19-13-28(17-11-15-5-3-4-6-18(15)25-12-17)21(14-7-9-16(24)10-8-14)20(19)22(29)27(2)23(26)30/h3-13H,1-2H3. The van der Waals surface area contributed by atoms with Crippen LogP contribution >= 0.6 is 11.6 Å². The lowest BCUT2D eigenvalue weighted by Gasteiger charge is -2.11. The van der Waals surface area contributed by atoms with Gasteiger partial charge in [0.25, 0.3) is 5.56 Å². The molecule has 148 valence electrons. The predicted octanol–water partition coefficient (Wildman–Crippen LogP) is 3.90. The molecule has 30 heavy (non-hydrogen) atoms. The van der Waals surface area contributed by atoms with Crippen LogP contribution in [-0.4, -0.2) is 18.7 Å². The molecule has 0 N–H and O–H groups in total. The minimum Gasteiger partial charge on any atom is -0.312 e. The quantitative estimate of drug-likeness (QED) is 0.438. The van der Waals surface area contributed by atoms with E-state index in [4.69, 9.17) is 11.6 Å². The van der Waals surface area contributed by atoms with Gasteiger partial charge in [0.15, 0.2) is 0 Å². The lowest BCUT2D eigenvalue weighted by Crippen LogP contribution is -2.36. The molecule has 0 saturated carbocycles. The van der Waals surface area contributed by atoms with Crippen LogP contribution in [-0.2, 0) is 14.1 Å². The number of fused-ring (bicyclic) bond motifs is 2. The van der Waals surface area contributed by atoms with Crippen LogP contribution in [0.5, 0.6) is 0 Å². The molecule has 0 bridgehead atoms. The Morgan fingerprint density at radius 2 is 1.67 bits per heavy atom. The van der Waals surface area contributed by atoms with Gasteiger partial charge in [-0.1, -0.05) is 41.9 Å². The first-order valence-electron chi connectivity index (χ1n) is 9.38. The minimum absolute atomic E-state index is 0.342. The molecule has 0 aliphatic heterocycles. The summed E-state index contributed by atoms with van der Waals surface area (Å²) < 4.78 is 4.53. The Hall–Kier alpha value is -3.64. The van der Waals surface area contributed by atoms with Gasteiger partial charge in [-0.15, -0.1) is 0 Å². The van der Waals surface area contributed by atoms with Crippen molar-refractivity contribution in [1.82, 2.24) is 18.7 Å². The lowest BCUT2D eigenvalue weighted by molar-refractivity contribution is 0.714. The SMILES string of the molecule is Cn1c(=O)c2c(-c3ccc(Cl)cc3)n(-c3cnc4ccccc4c3)cc2n(C)c1=O. The zero-order valence-corrected chi connectivity index (χ0v) is 17.1. The van der Waals surface area contributed by atoms with Crippen molar-refractivity contribution in [3.8, 4) is 16.9 Å². The van der Waals surface area contributed by atoms with Crippen LogP contribution in [0.1, 0.15) is 0 Å². The molecule has 3 heterocycles. The van der Waals surface area contributed by atoms with Crippen molar-refractivity contribution in [3.05, 3.63) is 92.9 Å². The number of hydrogen-bond donors (Lipinski definition) is 0. The molecule has 6 nitrogen and oxygen atoms in total. The number of aromatic nitrogens is 4. The van der Waals surface area contributed by atoms with Crippen LogP contribution in [0.15, 0.2) is 76.6 Å². The Balaban J connectivity index is 1.93. The first-order chi connectivity index (χ1) is 14.5. The summed E-state index contributed by atoms with van der Waals surface area (Å²) in [6, 6.07) is 17.2. The fourth-order valence-electron chi connectivity index (χ4n) is 3.83. The summed E-state index contributed by atoms with van der Waals surface area (Å²) >= 11 is 6.09. The Morgan fingerprint density at radius 3 is 2.43 bits per heavy atom. The molecule has 2 aromatic carbocycles. The highest BCUT2D eigenvalue weighted by atomic mass is 35.5. The summed E-state index contributed by atoms with van der Waals surface area (Å²) in [5, 5.41) is 2.06. The topological polar surface area (TPSA) is 61.8 Å². The van der Waals surface area contributed by atoms with Crippen molar-refractivity contribution in [2.24, 2.45) is 14.1 Å². The summed E-state index contributed by atoms with van der Waals surface area (Å²) in [6.07, 6.45) is 3.58. The van der Waals surface area contributed by atoms with Gasteiger partial charge in [0.2, 0.25) is 0 Å². The molecule has 0 atom stereocenters. The summed E-state index contributed by atoms with van der Waals surface area (Å²) in [7, 11) is 3.16. The molecule has 0 aliphatic rings. The highest BCUT2D eigenvalue weighted by Gasteiger charge is 2.20. The van der Waals surface area contributed by atoms with E-state index in [9.17, 15) is 9.59 Å². The van der Waals surface area contributed by atoms with E-state index < -0.39 is 0 Å². The first kappa shape index (κ1) is 18.4. The summed E-state index contributed by atoms with van der Waals surface area (Å²) in [5.41, 5.74) is 3.03. The Kier molecular flexibility index (Phi) is 4.11. The maximum Gasteiger partial charge on any atom is 0.330 e. The van der Waals surface area contributed by atoms with E-state index in [2.05, 4.69) is 4.98 Å². The van der Waals surface area contributed by atoms with Crippen molar-refractivity contribution in [3.63, 3.8) is 0 Å². The number of aryl methyl sites for hydroxylation is 1. The lowest BCUT2D eigenvalue weighted by atomic mass is 10.1. The summed E-state index contributed by atoms with van der Waals surface area (Å²) in [4.78, 5) is 30.2. The molecule has 0 amide bonds. The average molecular weight is 417 g/mol. The second-order valence-corrected chi connectivity index (χ2v) is 7.64. The molecule has 0 saturated heterocycles. The Morgan fingerprint density at radius 1 is 0.933 bits per heavy atom. The zero-order valence-electron chi connectivity index (χ0n) is 16.3. The molecule has 3 aromatic heterocycles. The van der Waals surface area contributed by atoms with Gasteiger partial charge < -0.3 is 4.57 Å². The van der Waals surface area contributed by atoms with E-state index in [-0.39, 0.29) is 11.2 Å². The van der Waals surface area contributed by atoms with Crippen LogP contribution in [0.3, 0.4) is 0 Å². The molecule has 0 aliphatic carbocycles. The van der Waals surface area contributed by atoms with Crippen molar-refractivity contribution in [2.45, 2.75) is 0 Å². The number of para-hydroxylation sites is 1. The normalized spacial score (nSPS) is 11.4. The van der Waals surface area contributed by atoms with E-state index in [0.29, 0.717) is 21.6 Å². The maximum atomic E-state index is 13.1. The second kappa shape index (κ2) is 6.71. The third-order valence-electron chi connectivity index (χ3n) is 5.41. The van der Waals surface area contributed by atoms with E-state index in [1.807, 2.05) is 53.2 Å². The zero-order chi connectivity index (χ0) is 21.0. The highest BCUT2D eigenvalue weighted by molar-refractivity contribution is 6.30. The van der Waals surface area contributed by atoms with Gasteiger partial charge in [0, 0.05) is 30.7 Å². The molecule has 0 fully saturated rings. The Labute approximate surface area is 176 Å². The molecule has 0 spiro atoms. The number of benzene rings is 2. The molecule has 0 unspecified atom stereocenters. The van der Waals surface area contributed by atoms with Gasteiger partial charge in [-0.3, -0.25) is 18.9 Å². The maximum absolute atomic E-state index is 13.1. The van der Waals surface area contributed by atoms with E-state index in [0.717, 1.165) is 26.7 Å². The van der Waals surface area contributed by atoms with Gasteiger partial charge in [-0.25, -0.2) is 4.79 Å². The minimum atomic E-state index is -0.371. The number of nitrogens with zero attached hydrogens (tertiary/aromatic N) is 4. The van der Waals surface area contributed by atoms with Gasteiger partial charge in [-0.2, -0.15) is 0 Å². The number of pyridine rings is 1. The van der Waals surface area contributed by atoms with E-state index in [1.165, 1.54) is 11.6 Å². The van der Waals surface area contributed by atoms with E-state index >= 15 is 0 Å². The van der Waals surface area contributed by atoms with Crippen LogP contribution in [0.25, 0.3) is 38.8 Å². The number of rotatable bonds is 2. The second-order valence-electron chi connectivity index (χ2n) is 7.21. The highest BCUT2D eigenvalue weighted by Crippen LogP contribution is 2.32. The molecule has 0 radical (unpaired) electrons. The summed E-state index contributed by atoms with van der Waals surface area (Å²) in [6.45, 7) is 0. The van der Waals surface area contributed by atoms with Crippen molar-refractivity contribution >= 4 is 33.4 Å². The Bertz CT molecular complexity index is 1560. The third-order valence-corrected chi connectivity index (χ3v) is 5.66. The number of halogens is 1. The molecule has 7 heteroatoms. The fraction of sp³-hybridized carbons (Fsp3) is 0.0870. The fourth-order valence-corrected chi connectivity index (χ4v) is 3.95. The number of hydrogen-bond acceptors (Lipinski definition) is 3. The average Bonchev–Trinajstić information content (AvgIpc) is 3.17. The predicted molar refractivity (Wildman–Crippen MR) is 120 cm³/mol. The van der Waals surface area contributed by atoms with Crippen molar-refractivity contribution in [1.29, 1.82) is 0 Å². The summed E-state index contributed by atoms with van der Waals surface area (Å²) in [5.74, 6) is 0. The smallest absolute Gasteiger partial charge is 0.312 e. The van der Waals surface area contributed by atoms with Crippen LogP contribution in [0, 0.1) is 0 Å². The molecular formula is C23H17ClN4O2. The molecular weight excluding hydrogens is 400 g/mol. The van der Waals surface area contributed by atoms with Gasteiger partial charge >= 0.3 is 5.69 Å². The largest absolute Gasteiger partial charge is 0.330 e. The molecule has 5 rings (SSSR count). The van der Waals surface area contributed by atoms with Crippen molar-refractivity contribution in [2.75, 3.05) is 0 Å². The van der Waals surface area contributed by atoms with E-state index in [1.54, 1.807) is 25.4 Å². The third kappa shape index (κ3) is 2.69. The van der Waals surface area contributed by atoms with Gasteiger partial charge in [-0.05, 0) is 29.8 Å².